The van der Waals surface area contributed by atoms with Crippen LogP contribution in [0.25, 0.3) is 11.1 Å². The highest BCUT2D eigenvalue weighted by Gasteiger charge is 2.56. The highest BCUT2D eigenvalue weighted by Crippen LogP contribution is 2.66. The maximum atomic E-state index is 14.5. The fourth-order valence-corrected chi connectivity index (χ4v) is 6.43. The standard InChI is InChI=1S/C28H32BrFO/c1-3-4-5-7-12-21-17-25-26(31)13-14-28(25,19(2)20-10-8-6-9-11-20)27(21)22-15-23(29)18-24(30)16-22/h6,8-11,15-16,18,25-26,31H,2-5,7,12-14,17H2,1H3. The number of rotatable bonds is 8. The summed E-state index contributed by atoms with van der Waals surface area (Å²) >= 11 is 3.50. The molecule has 4 rings (SSSR count). The summed E-state index contributed by atoms with van der Waals surface area (Å²) in [6.07, 6.45) is 7.95. The molecule has 1 nitrogen and oxygen atoms in total. The molecule has 3 atom stereocenters. The SMILES string of the molecule is C=C(c1ccccc1)C12CCC(O)C1CC(CCCCCC)=C2c1cc(F)cc(Br)c1. The Morgan fingerprint density at radius 2 is 1.94 bits per heavy atom. The maximum Gasteiger partial charge on any atom is 0.124 e. The molecule has 1 fully saturated rings. The van der Waals surface area contributed by atoms with Crippen molar-refractivity contribution < 1.29 is 9.50 Å². The first-order chi connectivity index (χ1) is 15.0. The third kappa shape index (κ3) is 4.19. The monoisotopic (exact) mass is 482 g/mol. The molecule has 0 radical (unpaired) electrons. The molecule has 164 valence electrons. The zero-order valence-electron chi connectivity index (χ0n) is 18.3. The lowest BCUT2D eigenvalue weighted by Gasteiger charge is -2.37. The van der Waals surface area contributed by atoms with E-state index in [1.807, 2.05) is 24.3 Å². The molecule has 0 amide bonds. The molecule has 0 bridgehead atoms. The van der Waals surface area contributed by atoms with E-state index in [4.69, 9.17) is 0 Å². The van der Waals surface area contributed by atoms with Gasteiger partial charge < -0.3 is 5.11 Å². The Morgan fingerprint density at radius 1 is 1.16 bits per heavy atom. The zero-order valence-corrected chi connectivity index (χ0v) is 19.9. The van der Waals surface area contributed by atoms with E-state index in [2.05, 4.69) is 41.6 Å². The molecular weight excluding hydrogens is 451 g/mol. The van der Waals surface area contributed by atoms with Crippen molar-refractivity contribution in [3.63, 3.8) is 0 Å². The Bertz CT molecular complexity index is 960. The maximum absolute atomic E-state index is 14.5. The summed E-state index contributed by atoms with van der Waals surface area (Å²) in [4.78, 5) is 0. The van der Waals surface area contributed by atoms with Crippen molar-refractivity contribution in [1.29, 1.82) is 0 Å². The first kappa shape index (κ1) is 22.5. The molecule has 2 aromatic rings. The van der Waals surface area contributed by atoms with Crippen LogP contribution in [0.4, 0.5) is 4.39 Å². The van der Waals surface area contributed by atoms with Crippen LogP contribution in [0.2, 0.25) is 0 Å². The van der Waals surface area contributed by atoms with Gasteiger partial charge in [-0.05, 0) is 72.6 Å². The molecule has 0 aliphatic heterocycles. The molecule has 2 aliphatic carbocycles. The van der Waals surface area contributed by atoms with Gasteiger partial charge in [0.25, 0.3) is 0 Å². The number of aliphatic hydroxyl groups excluding tert-OH is 1. The van der Waals surface area contributed by atoms with Gasteiger partial charge in [-0.25, -0.2) is 4.39 Å². The minimum absolute atomic E-state index is 0.110. The predicted octanol–water partition coefficient (Wildman–Crippen LogP) is 8.19. The van der Waals surface area contributed by atoms with Crippen molar-refractivity contribution in [2.24, 2.45) is 11.3 Å². The second-order valence-corrected chi connectivity index (χ2v) is 10.1. The molecule has 2 aromatic carbocycles. The lowest BCUT2D eigenvalue weighted by atomic mass is 9.66. The number of fused-ring (bicyclic) bond motifs is 1. The number of hydrogen-bond acceptors (Lipinski definition) is 1. The number of benzene rings is 2. The Hall–Kier alpha value is -1.71. The molecule has 2 aliphatic rings. The van der Waals surface area contributed by atoms with E-state index in [-0.39, 0.29) is 23.3 Å². The number of unbranched alkanes of at least 4 members (excludes halogenated alkanes) is 3. The van der Waals surface area contributed by atoms with Crippen LogP contribution in [0.5, 0.6) is 0 Å². The predicted molar refractivity (Wildman–Crippen MR) is 131 cm³/mol. The molecule has 0 heterocycles. The summed E-state index contributed by atoms with van der Waals surface area (Å²) in [6, 6.07) is 15.5. The highest BCUT2D eigenvalue weighted by atomic mass is 79.9. The largest absolute Gasteiger partial charge is 0.393 e. The smallest absolute Gasteiger partial charge is 0.124 e. The Labute approximate surface area is 194 Å². The third-order valence-electron chi connectivity index (χ3n) is 7.34. The van der Waals surface area contributed by atoms with Gasteiger partial charge in [0.15, 0.2) is 0 Å². The van der Waals surface area contributed by atoms with Crippen LogP contribution in [0, 0.1) is 17.2 Å². The summed E-state index contributed by atoms with van der Waals surface area (Å²) in [5.74, 6) is -0.122. The van der Waals surface area contributed by atoms with Gasteiger partial charge >= 0.3 is 0 Å². The minimum Gasteiger partial charge on any atom is -0.393 e. The highest BCUT2D eigenvalue weighted by molar-refractivity contribution is 9.10. The van der Waals surface area contributed by atoms with Crippen molar-refractivity contribution in [1.82, 2.24) is 0 Å². The fraction of sp³-hybridized carbons (Fsp3) is 0.429. The molecule has 0 saturated heterocycles. The van der Waals surface area contributed by atoms with Crippen LogP contribution < -0.4 is 0 Å². The molecule has 0 spiro atoms. The number of halogens is 2. The van der Waals surface area contributed by atoms with E-state index in [0.717, 1.165) is 53.3 Å². The third-order valence-corrected chi connectivity index (χ3v) is 7.80. The normalized spacial score (nSPS) is 25.2. The van der Waals surface area contributed by atoms with Crippen molar-refractivity contribution in [2.75, 3.05) is 0 Å². The van der Waals surface area contributed by atoms with Crippen molar-refractivity contribution in [3.05, 3.63) is 82.1 Å². The molecule has 1 N–H and O–H groups in total. The fourth-order valence-electron chi connectivity index (χ4n) is 5.97. The van der Waals surface area contributed by atoms with Gasteiger partial charge in [0.05, 0.1) is 6.10 Å². The summed E-state index contributed by atoms with van der Waals surface area (Å²) in [5, 5.41) is 11.0. The Balaban J connectivity index is 1.85. The van der Waals surface area contributed by atoms with Gasteiger partial charge in [-0.15, -0.1) is 0 Å². The van der Waals surface area contributed by atoms with Crippen molar-refractivity contribution in [2.45, 2.75) is 64.4 Å². The van der Waals surface area contributed by atoms with Gasteiger partial charge in [0.2, 0.25) is 0 Å². The van der Waals surface area contributed by atoms with E-state index in [1.165, 1.54) is 36.5 Å². The van der Waals surface area contributed by atoms with Crippen molar-refractivity contribution >= 4 is 27.1 Å². The van der Waals surface area contributed by atoms with E-state index in [9.17, 15) is 9.50 Å². The van der Waals surface area contributed by atoms with E-state index in [1.54, 1.807) is 6.07 Å². The summed E-state index contributed by atoms with van der Waals surface area (Å²) in [6.45, 7) is 6.82. The minimum atomic E-state index is -0.347. The molecule has 31 heavy (non-hydrogen) atoms. The van der Waals surface area contributed by atoms with Gasteiger partial charge in [0.1, 0.15) is 5.82 Å². The van der Waals surface area contributed by atoms with Gasteiger partial charge in [0, 0.05) is 15.8 Å². The second kappa shape index (κ2) is 9.42. The Kier molecular flexibility index (Phi) is 6.83. The summed E-state index contributed by atoms with van der Waals surface area (Å²) in [7, 11) is 0. The van der Waals surface area contributed by atoms with E-state index in [0.29, 0.717) is 0 Å². The van der Waals surface area contributed by atoms with Gasteiger partial charge in [-0.3, -0.25) is 0 Å². The summed E-state index contributed by atoms with van der Waals surface area (Å²) < 4.78 is 15.3. The van der Waals surface area contributed by atoms with E-state index >= 15 is 0 Å². The number of aliphatic hydroxyl groups is 1. The first-order valence-electron chi connectivity index (χ1n) is 11.6. The molecule has 3 heteroatoms. The number of allylic oxidation sites excluding steroid dienone is 3. The Morgan fingerprint density at radius 3 is 2.65 bits per heavy atom. The second-order valence-electron chi connectivity index (χ2n) is 9.18. The lowest BCUT2D eigenvalue weighted by molar-refractivity contribution is 0.120. The first-order valence-corrected chi connectivity index (χ1v) is 12.4. The van der Waals surface area contributed by atoms with Gasteiger partial charge in [-0.2, -0.15) is 0 Å². The van der Waals surface area contributed by atoms with E-state index < -0.39 is 0 Å². The lowest BCUT2D eigenvalue weighted by Crippen LogP contribution is -2.29. The van der Waals surface area contributed by atoms with Crippen LogP contribution >= 0.6 is 15.9 Å². The average Bonchev–Trinajstić information content (AvgIpc) is 3.25. The zero-order chi connectivity index (χ0) is 22.0. The van der Waals surface area contributed by atoms with Crippen LogP contribution in [0.1, 0.15) is 69.4 Å². The van der Waals surface area contributed by atoms with Crippen LogP contribution in [-0.2, 0) is 0 Å². The molecule has 0 aromatic heterocycles. The van der Waals surface area contributed by atoms with Crippen LogP contribution in [0.15, 0.2) is 65.2 Å². The average molecular weight is 483 g/mol. The van der Waals surface area contributed by atoms with Crippen LogP contribution in [-0.4, -0.2) is 11.2 Å². The van der Waals surface area contributed by atoms with Crippen LogP contribution in [0.3, 0.4) is 0 Å². The van der Waals surface area contributed by atoms with Crippen molar-refractivity contribution in [3.8, 4) is 0 Å². The molecule has 3 unspecified atom stereocenters. The van der Waals surface area contributed by atoms with Gasteiger partial charge in [-0.1, -0.05) is 84.6 Å². The number of hydrogen-bond donors (Lipinski definition) is 1. The summed E-state index contributed by atoms with van der Waals surface area (Å²) in [5.41, 5.74) is 5.38. The molecule has 1 saturated carbocycles. The topological polar surface area (TPSA) is 20.2 Å². The molecular formula is C28H32BrFO. The quantitative estimate of drug-likeness (QED) is 0.376.